The Morgan fingerprint density at radius 2 is 2.05 bits per heavy atom. The number of aryl methyl sites for hydroxylation is 2. The van der Waals surface area contributed by atoms with Crippen LogP contribution in [-0.4, -0.2) is 44.1 Å². The monoisotopic (exact) mass is 313 g/mol. The van der Waals surface area contributed by atoms with Crippen molar-refractivity contribution in [2.45, 2.75) is 44.3 Å². The first-order chi connectivity index (χ1) is 9.90. The van der Waals surface area contributed by atoms with Crippen LogP contribution in [0.15, 0.2) is 17.0 Å². The Balaban J connectivity index is 2.39. The quantitative estimate of drug-likeness (QED) is 0.917. The molecule has 0 amide bonds. The van der Waals surface area contributed by atoms with Gasteiger partial charge in [-0.15, -0.1) is 0 Å². The summed E-state index contributed by atoms with van der Waals surface area (Å²) in [5, 5.41) is 9.36. The van der Waals surface area contributed by atoms with Crippen molar-refractivity contribution in [2.75, 3.05) is 20.2 Å². The standard InChI is InChI=1S/C15H23NO4S/c1-11-7-12(2)15(8-13(11)10-17)21(18,19)16-6-4-5-14(9-16)20-3/h7-8,14,17H,4-6,9-10H2,1-3H3. The molecule has 0 aromatic heterocycles. The SMILES string of the molecule is COC1CCCN(S(=O)(=O)c2cc(CO)c(C)cc2C)C1. The van der Waals surface area contributed by atoms with Gasteiger partial charge in [0.05, 0.1) is 17.6 Å². The van der Waals surface area contributed by atoms with E-state index in [4.69, 9.17) is 4.74 Å². The maximum atomic E-state index is 12.8. The molecule has 1 unspecified atom stereocenters. The predicted octanol–water partition coefficient (Wildman–Crippen LogP) is 1.60. The molecule has 1 atom stereocenters. The Bertz CT molecular complexity index is 612. The van der Waals surface area contributed by atoms with E-state index in [-0.39, 0.29) is 17.6 Å². The van der Waals surface area contributed by atoms with Crippen molar-refractivity contribution >= 4 is 10.0 Å². The van der Waals surface area contributed by atoms with Gasteiger partial charge in [0.25, 0.3) is 0 Å². The molecule has 6 heteroatoms. The van der Waals surface area contributed by atoms with Gasteiger partial charge in [0.2, 0.25) is 10.0 Å². The normalized spacial score (nSPS) is 20.7. The Morgan fingerprint density at radius 1 is 1.33 bits per heavy atom. The second kappa shape index (κ2) is 6.44. The molecule has 1 aromatic rings. The molecule has 1 heterocycles. The van der Waals surface area contributed by atoms with Gasteiger partial charge in [-0.25, -0.2) is 8.42 Å². The lowest BCUT2D eigenvalue weighted by Crippen LogP contribution is -2.43. The van der Waals surface area contributed by atoms with E-state index in [0.717, 1.165) is 18.4 Å². The van der Waals surface area contributed by atoms with Gasteiger partial charge in [0.1, 0.15) is 0 Å². The highest BCUT2D eigenvalue weighted by molar-refractivity contribution is 7.89. The van der Waals surface area contributed by atoms with E-state index in [0.29, 0.717) is 24.2 Å². The number of aliphatic hydroxyl groups is 1. The average Bonchev–Trinajstić information content (AvgIpc) is 2.47. The number of rotatable bonds is 4. The first-order valence-electron chi connectivity index (χ1n) is 7.14. The first kappa shape index (κ1) is 16.4. The van der Waals surface area contributed by atoms with Crippen LogP contribution >= 0.6 is 0 Å². The molecule has 0 bridgehead atoms. The third kappa shape index (κ3) is 3.29. The highest BCUT2D eigenvalue weighted by Crippen LogP contribution is 2.26. The number of sulfonamides is 1. The van der Waals surface area contributed by atoms with Crippen molar-refractivity contribution < 1.29 is 18.3 Å². The molecule has 0 spiro atoms. The highest BCUT2D eigenvalue weighted by Gasteiger charge is 2.31. The van der Waals surface area contributed by atoms with Gasteiger partial charge in [-0.3, -0.25) is 0 Å². The smallest absolute Gasteiger partial charge is 0.243 e. The van der Waals surface area contributed by atoms with Gasteiger partial charge < -0.3 is 9.84 Å². The van der Waals surface area contributed by atoms with Crippen LogP contribution in [-0.2, 0) is 21.4 Å². The lowest BCUT2D eigenvalue weighted by molar-refractivity contribution is 0.0571. The van der Waals surface area contributed by atoms with Crippen molar-refractivity contribution in [3.8, 4) is 0 Å². The minimum absolute atomic E-state index is 0.0448. The van der Waals surface area contributed by atoms with Gasteiger partial charge in [-0.05, 0) is 49.4 Å². The van der Waals surface area contributed by atoms with Gasteiger partial charge in [0, 0.05) is 20.2 Å². The third-order valence-electron chi connectivity index (χ3n) is 4.10. The fourth-order valence-electron chi connectivity index (χ4n) is 2.78. The number of hydrogen-bond donors (Lipinski definition) is 1. The van der Waals surface area contributed by atoms with Crippen molar-refractivity contribution in [3.63, 3.8) is 0 Å². The van der Waals surface area contributed by atoms with E-state index in [9.17, 15) is 13.5 Å². The van der Waals surface area contributed by atoms with Crippen LogP contribution in [0.5, 0.6) is 0 Å². The summed E-state index contributed by atoms with van der Waals surface area (Å²) in [6.45, 7) is 4.41. The molecule has 1 aromatic carbocycles. The van der Waals surface area contributed by atoms with Crippen LogP contribution in [0, 0.1) is 13.8 Å². The molecule has 1 saturated heterocycles. The number of aliphatic hydroxyl groups excluding tert-OH is 1. The largest absolute Gasteiger partial charge is 0.392 e. The van der Waals surface area contributed by atoms with Crippen LogP contribution in [0.25, 0.3) is 0 Å². The zero-order valence-electron chi connectivity index (χ0n) is 12.8. The Morgan fingerprint density at radius 3 is 2.67 bits per heavy atom. The number of methoxy groups -OCH3 is 1. The number of benzene rings is 1. The predicted molar refractivity (Wildman–Crippen MR) is 80.6 cm³/mol. The minimum Gasteiger partial charge on any atom is -0.392 e. The minimum atomic E-state index is -3.54. The summed E-state index contributed by atoms with van der Waals surface area (Å²) in [4.78, 5) is 0.286. The van der Waals surface area contributed by atoms with E-state index < -0.39 is 10.0 Å². The highest BCUT2D eigenvalue weighted by atomic mass is 32.2. The van der Waals surface area contributed by atoms with Gasteiger partial charge in [-0.2, -0.15) is 4.31 Å². The molecule has 1 aliphatic heterocycles. The molecule has 0 saturated carbocycles. The molecule has 2 rings (SSSR count). The van der Waals surface area contributed by atoms with Gasteiger partial charge in [0.15, 0.2) is 0 Å². The summed E-state index contributed by atoms with van der Waals surface area (Å²) in [5.74, 6) is 0. The third-order valence-corrected chi connectivity index (χ3v) is 6.10. The second-order valence-corrected chi connectivity index (χ2v) is 7.47. The van der Waals surface area contributed by atoms with Gasteiger partial charge in [-0.1, -0.05) is 6.07 Å². The van der Waals surface area contributed by atoms with E-state index in [1.807, 2.05) is 13.0 Å². The lowest BCUT2D eigenvalue weighted by Gasteiger charge is -2.31. The summed E-state index contributed by atoms with van der Waals surface area (Å²) >= 11 is 0. The van der Waals surface area contributed by atoms with Crippen molar-refractivity contribution in [3.05, 3.63) is 28.8 Å². The summed E-state index contributed by atoms with van der Waals surface area (Å²) < 4.78 is 32.5. The first-order valence-corrected chi connectivity index (χ1v) is 8.58. The van der Waals surface area contributed by atoms with Crippen molar-refractivity contribution in [2.24, 2.45) is 0 Å². The maximum absolute atomic E-state index is 12.8. The number of hydrogen-bond acceptors (Lipinski definition) is 4. The van der Waals surface area contributed by atoms with E-state index in [1.54, 1.807) is 20.1 Å². The molecule has 1 N–H and O–H groups in total. The molecule has 5 nitrogen and oxygen atoms in total. The van der Waals surface area contributed by atoms with Crippen LogP contribution in [0.4, 0.5) is 0 Å². The lowest BCUT2D eigenvalue weighted by atomic mass is 10.1. The summed E-state index contributed by atoms with van der Waals surface area (Å²) in [5.41, 5.74) is 2.27. The number of nitrogens with zero attached hydrogens (tertiary/aromatic N) is 1. The molecule has 1 aliphatic rings. The Hall–Kier alpha value is -0.950. The Kier molecular flexibility index (Phi) is 5.03. The number of piperidine rings is 1. The number of ether oxygens (including phenoxy) is 1. The second-order valence-electron chi connectivity index (χ2n) is 5.57. The molecule has 118 valence electrons. The van der Waals surface area contributed by atoms with Crippen molar-refractivity contribution in [1.29, 1.82) is 0 Å². The average molecular weight is 313 g/mol. The van der Waals surface area contributed by atoms with Gasteiger partial charge >= 0.3 is 0 Å². The summed E-state index contributed by atoms with van der Waals surface area (Å²) in [6.07, 6.45) is 1.64. The Labute approximate surface area is 126 Å². The van der Waals surface area contributed by atoms with Crippen molar-refractivity contribution in [1.82, 2.24) is 4.31 Å². The van der Waals surface area contributed by atoms with Crippen LogP contribution < -0.4 is 0 Å². The summed E-state index contributed by atoms with van der Waals surface area (Å²) in [6, 6.07) is 3.41. The van der Waals surface area contributed by atoms with Crippen LogP contribution in [0.2, 0.25) is 0 Å². The van der Waals surface area contributed by atoms with E-state index in [2.05, 4.69) is 0 Å². The molecule has 21 heavy (non-hydrogen) atoms. The van der Waals surface area contributed by atoms with Crippen LogP contribution in [0.1, 0.15) is 29.5 Å². The summed E-state index contributed by atoms with van der Waals surface area (Å²) in [7, 11) is -1.93. The zero-order chi connectivity index (χ0) is 15.6. The topological polar surface area (TPSA) is 66.8 Å². The van der Waals surface area contributed by atoms with Crippen LogP contribution in [0.3, 0.4) is 0 Å². The molecule has 0 radical (unpaired) electrons. The molecule has 0 aliphatic carbocycles. The fraction of sp³-hybridized carbons (Fsp3) is 0.600. The fourth-order valence-corrected chi connectivity index (χ4v) is 4.54. The zero-order valence-corrected chi connectivity index (χ0v) is 13.6. The molecular weight excluding hydrogens is 290 g/mol. The molecular formula is C15H23NO4S. The molecule has 1 fully saturated rings. The van der Waals surface area contributed by atoms with E-state index >= 15 is 0 Å². The van der Waals surface area contributed by atoms with E-state index in [1.165, 1.54) is 4.31 Å². The maximum Gasteiger partial charge on any atom is 0.243 e.